The van der Waals surface area contributed by atoms with Crippen LogP contribution in [0.15, 0.2) is 72.3 Å². The fraction of sp³-hybridized carbons (Fsp3) is 0.303. The number of Topliss-reactive ketones (excluding diaryl/α,β-unsaturated/α-hetero) is 1. The van der Waals surface area contributed by atoms with E-state index in [1.165, 1.54) is 4.90 Å². The van der Waals surface area contributed by atoms with Crippen molar-refractivity contribution in [3.8, 4) is 5.75 Å². The zero-order valence-corrected chi connectivity index (χ0v) is 23.6. The molecule has 1 fully saturated rings. The van der Waals surface area contributed by atoms with Crippen molar-refractivity contribution in [1.29, 1.82) is 0 Å². The summed E-state index contributed by atoms with van der Waals surface area (Å²) in [6.45, 7) is 10.1. The standard InChI is InChI=1S/C33H35NO6/c1-6-16-39-27-15-14-26(18-22(27)5)30(35)28-29(25-9-7-8-21(4)17-25)34(32(37)31(28)36)19-23-10-12-24(13-11-23)33(38)40-20(2)3/h7-15,17-18,20,29,35H,6,16,19H2,1-5H3/b30-28-. The van der Waals surface area contributed by atoms with Gasteiger partial charge in [-0.15, -0.1) is 0 Å². The first-order chi connectivity index (χ1) is 19.1. The number of benzene rings is 3. The molecule has 0 radical (unpaired) electrons. The van der Waals surface area contributed by atoms with Gasteiger partial charge >= 0.3 is 5.97 Å². The average Bonchev–Trinajstić information content (AvgIpc) is 3.17. The van der Waals surface area contributed by atoms with Crippen LogP contribution >= 0.6 is 0 Å². The van der Waals surface area contributed by atoms with E-state index in [0.717, 1.165) is 28.7 Å². The van der Waals surface area contributed by atoms with Crippen molar-refractivity contribution in [3.05, 3.63) is 106 Å². The van der Waals surface area contributed by atoms with E-state index in [0.29, 0.717) is 23.5 Å². The number of aliphatic hydroxyl groups is 1. The van der Waals surface area contributed by atoms with E-state index in [9.17, 15) is 19.5 Å². The number of amides is 1. The monoisotopic (exact) mass is 541 g/mol. The Morgan fingerprint density at radius 2 is 1.68 bits per heavy atom. The number of carbonyl (C=O) groups is 3. The first kappa shape index (κ1) is 28.6. The molecular weight excluding hydrogens is 506 g/mol. The molecule has 7 nitrogen and oxygen atoms in total. The molecule has 7 heteroatoms. The Balaban J connectivity index is 1.74. The topological polar surface area (TPSA) is 93.1 Å². The van der Waals surface area contributed by atoms with Crippen LogP contribution in [0, 0.1) is 13.8 Å². The molecule has 0 spiro atoms. The van der Waals surface area contributed by atoms with Crippen LogP contribution in [-0.4, -0.2) is 40.4 Å². The fourth-order valence-corrected chi connectivity index (χ4v) is 4.78. The molecule has 0 aliphatic carbocycles. The maximum Gasteiger partial charge on any atom is 0.338 e. The van der Waals surface area contributed by atoms with Gasteiger partial charge in [0.2, 0.25) is 0 Å². The molecule has 1 aliphatic heterocycles. The summed E-state index contributed by atoms with van der Waals surface area (Å²) in [6, 6.07) is 18.8. The number of nitrogens with zero attached hydrogens (tertiary/aromatic N) is 1. The zero-order valence-electron chi connectivity index (χ0n) is 23.6. The summed E-state index contributed by atoms with van der Waals surface area (Å²) >= 11 is 0. The lowest BCUT2D eigenvalue weighted by Gasteiger charge is -2.26. The van der Waals surface area contributed by atoms with Crippen molar-refractivity contribution in [2.45, 2.75) is 59.7 Å². The van der Waals surface area contributed by atoms with Gasteiger partial charge < -0.3 is 19.5 Å². The Bertz CT molecular complexity index is 1450. The summed E-state index contributed by atoms with van der Waals surface area (Å²) < 4.78 is 11.0. The van der Waals surface area contributed by atoms with Gasteiger partial charge in [0, 0.05) is 12.1 Å². The Hall–Kier alpha value is -4.39. The van der Waals surface area contributed by atoms with Crippen LogP contribution in [0.3, 0.4) is 0 Å². The van der Waals surface area contributed by atoms with Crippen LogP contribution in [0.25, 0.3) is 5.76 Å². The third-order valence-electron chi connectivity index (χ3n) is 6.69. The summed E-state index contributed by atoms with van der Waals surface area (Å²) in [6.07, 6.45) is 0.628. The van der Waals surface area contributed by atoms with Gasteiger partial charge in [-0.1, -0.05) is 48.9 Å². The van der Waals surface area contributed by atoms with E-state index >= 15 is 0 Å². The second-order valence-electron chi connectivity index (χ2n) is 10.3. The van der Waals surface area contributed by atoms with Crippen LogP contribution in [-0.2, 0) is 20.9 Å². The Morgan fingerprint density at radius 1 is 0.975 bits per heavy atom. The van der Waals surface area contributed by atoms with Gasteiger partial charge in [-0.25, -0.2) is 4.79 Å². The SMILES string of the molecule is CCCOc1ccc(/C(O)=C2/C(=O)C(=O)N(Cc3ccc(C(=O)OC(C)C)cc3)C2c2cccc(C)c2)cc1C. The number of ketones is 1. The second-order valence-corrected chi connectivity index (χ2v) is 10.3. The third-order valence-corrected chi connectivity index (χ3v) is 6.69. The normalized spacial score (nSPS) is 16.4. The molecule has 0 saturated carbocycles. The number of hydrogen-bond donors (Lipinski definition) is 1. The molecular formula is C33H35NO6. The molecule has 3 aromatic carbocycles. The fourth-order valence-electron chi connectivity index (χ4n) is 4.78. The maximum absolute atomic E-state index is 13.4. The van der Waals surface area contributed by atoms with Gasteiger partial charge in [0.05, 0.1) is 29.9 Å². The number of ether oxygens (including phenoxy) is 2. The van der Waals surface area contributed by atoms with E-state index < -0.39 is 23.7 Å². The summed E-state index contributed by atoms with van der Waals surface area (Å²) in [4.78, 5) is 40.6. The number of rotatable bonds is 9. The van der Waals surface area contributed by atoms with E-state index in [-0.39, 0.29) is 24.0 Å². The molecule has 1 amide bonds. The van der Waals surface area contributed by atoms with Crippen molar-refractivity contribution in [1.82, 2.24) is 4.90 Å². The predicted octanol–water partition coefficient (Wildman–Crippen LogP) is 6.28. The lowest BCUT2D eigenvalue weighted by atomic mass is 9.94. The van der Waals surface area contributed by atoms with E-state index in [1.54, 1.807) is 56.3 Å². The average molecular weight is 542 g/mol. The molecule has 0 bridgehead atoms. The smallest absolute Gasteiger partial charge is 0.338 e. The van der Waals surface area contributed by atoms with Crippen LogP contribution in [0.2, 0.25) is 0 Å². The molecule has 3 aromatic rings. The molecule has 1 atom stereocenters. The summed E-state index contributed by atoms with van der Waals surface area (Å²) in [5.41, 5.74) is 4.10. The molecule has 1 unspecified atom stereocenters. The minimum atomic E-state index is -0.790. The molecule has 1 heterocycles. The van der Waals surface area contributed by atoms with Crippen molar-refractivity contribution >= 4 is 23.4 Å². The van der Waals surface area contributed by atoms with E-state index in [1.807, 2.05) is 45.0 Å². The number of aryl methyl sites for hydroxylation is 2. The Labute approximate surface area is 235 Å². The van der Waals surface area contributed by atoms with Crippen molar-refractivity contribution in [2.75, 3.05) is 6.61 Å². The van der Waals surface area contributed by atoms with Gasteiger partial charge in [0.1, 0.15) is 11.5 Å². The summed E-state index contributed by atoms with van der Waals surface area (Å²) in [5, 5.41) is 11.4. The second kappa shape index (κ2) is 12.2. The molecule has 208 valence electrons. The van der Waals surface area contributed by atoms with Gasteiger partial charge in [-0.2, -0.15) is 0 Å². The first-order valence-electron chi connectivity index (χ1n) is 13.5. The quantitative estimate of drug-likeness (QED) is 0.148. The number of aliphatic hydroxyl groups excluding tert-OH is 1. The van der Waals surface area contributed by atoms with Crippen LogP contribution < -0.4 is 4.74 Å². The Morgan fingerprint density at radius 3 is 2.30 bits per heavy atom. The largest absolute Gasteiger partial charge is 0.507 e. The van der Waals surface area contributed by atoms with Crippen molar-refractivity contribution in [3.63, 3.8) is 0 Å². The molecule has 4 rings (SSSR count). The highest BCUT2D eigenvalue weighted by Gasteiger charge is 2.46. The lowest BCUT2D eigenvalue weighted by Crippen LogP contribution is -2.29. The minimum Gasteiger partial charge on any atom is -0.507 e. The first-order valence-corrected chi connectivity index (χ1v) is 13.5. The van der Waals surface area contributed by atoms with Crippen molar-refractivity contribution < 1.29 is 29.0 Å². The highest BCUT2D eigenvalue weighted by atomic mass is 16.5. The highest BCUT2D eigenvalue weighted by molar-refractivity contribution is 6.46. The zero-order chi connectivity index (χ0) is 29.0. The van der Waals surface area contributed by atoms with Crippen LogP contribution in [0.1, 0.15) is 71.4 Å². The minimum absolute atomic E-state index is 0.0364. The van der Waals surface area contributed by atoms with E-state index in [4.69, 9.17) is 9.47 Å². The number of esters is 1. The maximum atomic E-state index is 13.4. The number of carbonyl (C=O) groups excluding carboxylic acids is 3. The molecule has 1 aliphatic rings. The van der Waals surface area contributed by atoms with Gasteiger partial charge in [-0.3, -0.25) is 9.59 Å². The van der Waals surface area contributed by atoms with Crippen molar-refractivity contribution in [2.24, 2.45) is 0 Å². The third kappa shape index (κ3) is 6.09. The predicted molar refractivity (Wildman–Crippen MR) is 153 cm³/mol. The van der Waals surface area contributed by atoms with Crippen LogP contribution in [0.4, 0.5) is 0 Å². The van der Waals surface area contributed by atoms with E-state index in [2.05, 4.69) is 0 Å². The molecule has 1 N–H and O–H groups in total. The molecule has 0 aromatic heterocycles. The highest BCUT2D eigenvalue weighted by Crippen LogP contribution is 2.41. The van der Waals surface area contributed by atoms with Gasteiger partial charge in [0.25, 0.3) is 11.7 Å². The van der Waals surface area contributed by atoms with Gasteiger partial charge in [-0.05, 0) is 81.1 Å². The summed E-state index contributed by atoms with van der Waals surface area (Å²) in [7, 11) is 0. The molecule has 1 saturated heterocycles. The Kier molecular flexibility index (Phi) is 8.73. The lowest BCUT2D eigenvalue weighted by molar-refractivity contribution is -0.140. The summed E-state index contributed by atoms with van der Waals surface area (Å²) in [5.74, 6) is -1.40. The number of likely N-dealkylation sites (tertiary alicyclic amines) is 1. The van der Waals surface area contributed by atoms with Crippen LogP contribution in [0.5, 0.6) is 5.75 Å². The molecule has 40 heavy (non-hydrogen) atoms. The number of hydrogen-bond acceptors (Lipinski definition) is 6. The van der Waals surface area contributed by atoms with Gasteiger partial charge in [0.15, 0.2) is 0 Å².